The molecule has 1 unspecified atom stereocenters. The number of ketones is 1. The Labute approximate surface area is 160 Å². The molecule has 1 saturated heterocycles. The van der Waals surface area contributed by atoms with Gasteiger partial charge in [0.15, 0.2) is 10.9 Å². The lowest BCUT2D eigenvalue weighted by atomic mass is 10.2. The van der Waals surface area contributed by atoms with E-state index in [0.717, 1.165) is 21.7 Å². The van der Waals surface area contributed by atoms with Crippen molar-refractivity contribution in [2.45, 2.75) is 37.6 Å². The van der Waals surface area contributed by atoms with E-state index in [2.05, 4.69) is 10.3 Å². The zero-order valence-electron chi connectivity index (χ0n) is 14.7. The van der Waals surface area contributed by atoms with Crippen LogP contribution in [-0.4, -0.2) is 42.0 Å². The largest absolute Gasteiger partial charge is 0.301 e. The Morgan fingerprint density at radius 3 is 2.67 bits per heavy atom. The van der Waals surface area contributed by atoms with Crippen molar-refractivity contribution in [1.29, 1.82) is 0 Å². The van der Waals surface area contributed by atoms with Crippen LogP contribution in [0.1, 0.15) is 35.1 Å². The average molecular weight is 411 g/mol. The molecule has 0 radical (unpaired) electrons. The predicted octanol–water partition coefficient (Wildman–Crippen LogP) is 2.59. The Balaban J connectivity index is 1.84. The lowest BCUT2D eigenvalue weighted by Gasteiger charge is -2.23. The molecule has 1 aromatic carbocycles. The fraction of sp³-hybridized carbons (Fsp3) is 0.353. The topological polar surface area (TPSA) is 96.4 Å². The second kappa shape index (κ2) is 7.45. The van der Waals surface area contributed by atoms with Gasteiger partial charge in [-0.05, 0) is 31.9 Å². The first kappa shape index (κ1) is 19.6. The predicted molar refractivity (Wildman–Crippen MR) is 98.8 cm³/mol. The number of nitrogens with one attached hydrogen (secondary N) is 1. The van der Waals surface area contributed by atoms with Crippen LogP contribution in [0.3, 0.4) is 0 Å². The highest BCUT2D eigenvalue weighted by atomic mass is 32.2. The van der Waals surface area contributed by atoms with Crippen LogP contribution in [0.15, 0.2) is 29.2 Å². The third kappa shape index (κ3) is 3.78. The number of carbonyl (C=O) groups is 2. The van der Waals surface area contributed by atoms with Crippen molar-refractivity contribution in [2.75, 3.05) is 11.9 Å². The molecule has 0 aliphatic carbocycles. The van der Waals surface area contributed by atoms with Crippen molar-refractivity contribution in [3.8, 4) is 0 Å². The van der Waals surface area contributed by atoms with Crippen LogP contribution < -0.4 is 5.32 Å². The monoisotopic (exact) mass is 411 g/mol. The van der Waals surface area contributed by atoms with E-state index in [9.17, 15) is 22.4 Å². The van der Waals surface area contributed by atoms with Gasteiger partial charge in [-0.2, -0.15) is 4.31 Å². The number of thiazole rings is 1. The van der Waals surface area contributed by atoms with Crippen molar-refractivity contribution >= 4 is 38.2 Å². The number of rotatable bonds is 5. The second-order valence-corrected chi connectivity index (χ2v) is 9.04. The van der Waals surface area contributed by atoms with E-state index in [1.165, 1.54) is 25.1 Å². The highest BCUT2D eigenvalue weighted by Gasteiger charge is 2.40. The molecule has 0 spiro atoms. The third-order valence-electron chi connectivity index (χ3n) is 4.28. The maximum Gasteiger partial charge on any atom is 0.246 e. The van der Waals surface area contributed by atoms with Gasteiger partial charge in [-0.25, -0.2) is 17.8 Å². The van der Waals surface area contributed by atoms with E-state index in [4.69, 9.17) is 0 Å². The molecule has 1 aliphatic rings. The van der Waals surface area contributed by atoms with Crippen molar-refractivity contribution < 1.29 is 22.4 Å². The maximum atomic E-state index is 14.0. The number of anilines is 1. The molecule has 144 valence electrons. The maximum absolute atomic E-state index is 14.0. The number of benzene rings is 1. The van der Waals surface area contributed by atoms with Gasteiger partial charge in [-0.1, -0.05) is 23.5 Å². The summed E-state index contributed by atoms with van der Waals surface area (Å²) in [5.74, 6) is -1.56. The van der Waals surface area contributed by atoms with Crippen molar-refractivity contribution in [1.82, 2.24) is 9.29 Å². The number of aryl methyl sites for hydroxylation is 1. The number of carbonyl (C=O) groups excluding carboxylic acids is 2. The summed E-state index contributed by atoms with van der Waals surface area (Å²) < 4.78 is 40.6. The molecule has 1 atom stereocenters. The molecule has 7 nitrogen and oxygen atoms in total. The van der Waals surface area contributed by atoms with Gasteiger partial charge in [0.1, 0.15) is 16.8 Å². The van der Waals surface area contributed by atoms with Crippen LogP contribution >= 0.6 is 11.3 Å². The van der Waals surface area contributed by atoms with Gasteiger partial charge in [0.05, 0.1) is 10.6 Å². The Hall–Kier alpha value is -2.17. The number of Topliss-reactive ketones (excluding diaryl/α,β-unsaturated/α-hetero) is 1. The average Bonchev–Trinajstić information content (AvgIpc) is 3.22. The van der Waals surface area contributed by atoms with Crippen LogP contribution in [-0.2, 0) is 14.8 Å². The number of nitrogens with zero attached hydrogens (tertiary/aromatic N) is 2. The Morgan fingerprint density at radius 1 is 1.33 bits per heavy atom. The number of amides is 1. The molecule has 2 aromatic rings. The molecule has 10 heteroatoms. The van der Waals surface area contributed by atoms with Crippen LogP contribution in [0.4, 0.5) is 9.52 Å². The van der Waals surface area contributed by atoms with Crippen LogP contribution in [0.25, 0.3) is 0 Å². The first-order chi connectivity index (χ1) is 12.7. The Kier molecular flexibility index (Phi) is 5.41. The molecule has 1 fully saturated rings. The first-order valence-corrected chi connectivity index (χ1v) is 10.5. The van der Waals surface area contributed by atoms with Crippen LogP contribution in [0, 0.1) is 12.7 Å². The van der Waals surface area contributed by atoms with E-state index < -0.39 is 32.7 Å². The van der Waals surface area contributed by atoms with E-state index >= 15 is 0 Å². The normalized spacial score (nSPS) is 17.8. The van der Waals surface area contributed by atoms with E-state index in [-0.39, 0.29) is 17.5 Å². The number of hydrogen-bond acceptors (Lipinski definition) is 6. The minimum atomic E-state index is -4.15. The van der Waals surface area contributed by atoms with E-state index in [0.29, 0.717) is 23.4 Å². The summed E-state index contributed by atoms with van der Waals surface area (Å²) in [4.78, 5) is 28.3. The molecule has 0 saturated carbocycles. The standard InChI is InChI=1S/C17H18FN3O4S2/c1-10-15(11(2)22)26-17(19-10)20-16(23)13-7-5-9-21(13)27(24,25)14-8-4-3-6-12(14)18/h3-4,6,8,13H,5,7,9H2,1-2H3,(H,19,20,23). The van der Waals surface area contributed by atoms with Gasteiger partial charge in [0.25, 0.3) is 0 Å². The lowest BCUT2D eigenvalue weighted by Crippen LogP contribution is -2.43. The number of aromatic nitrogens is 1. The van der Waals surface area contributed by atoms with E-state index in [1.54, 1.807) is 6.92 Å². The molecule has 2 heterocycles. The number of halogens is 1. The van der Waals surface area contributed by atoms with Crippen molar-refractivity contribution in [3.05, 3.63) is 40.7 Å². The second-order valence-electron chi connectivity index (χ2n) is 6.18. The molecular formula is C17H18FN3O4S2. The molecule has 1 aromatic heterocycles. The summed E-state index contributed by atoms with van der Waals surface area (Å²) in [7, 11) is -4.15. The SMILES string of the molecule is CC(=O)c1sc(NC(=O)C2CCCN2S(=O)(=O)c2ccccc2F)nc1C. The molecule has 0 bridgehead atoms. The Morgan fingerprint density at radius 2 is 2.04 bits per heavy atom. The smallest absolute Gasteiger partial charge is 0.246 e. The summed E-state index contributed by atoms with van der Waals surface area (Å²) in [5, 5.41) is 2.82. The number of hydrogen-bond donors (Lipinski definition) is 1. The van der Waals surface area contributed by atoms with Gasteiger partial charge in [0.2, 0.25) is 15.9 Å². The van der Waals surface area contributed by atoms with Crippen LogP contribution in [0.5, 0.6) is 0 Å². The minimum Gasteiger partial charge on any atom is -0.301 e. The van der Waals surface area contributed by atoms with Gasteiger partial charge >= 0.3 is 0 Å². The van der Waals surface area contributed by atoms with Crippen molar-refractivity contribution in [3.63, 3.8) is 0 Å². The highest BCUT2D eigenvalue weighted by molar-refractivity contribution is 7.89. The zero-order chi connectivity index (χ0) is 19.8. The molecule has 1 amide bonds. The lowest BCUT2D eigenvalue weighted by molar-refractivity contribution is -0.119. The zero-order valence-corrected chi connectivity index (χ0v) is 16.4. The number of sulfonamides is 1. The molecule has 27 heavy (non-hydrogen) atoms. The molecule has 1 N–H and O–H groups in total. The summed E-state index contributed by atoms with van der Waals surface area (Å²) in [6.07, 6.45) is 0.810. The van der Waals surface area contributed by atoms with Crippen molar-refractivity contribution in [2.24, 2.45) is 0 Å². The third-order valence-corrected chi connectivity index (χ3v) is 7.39. The van der Waals surface area contributed by atoms with Gasteiger partial charge in [-0.15, -0.1) is 0 Å². The summed E-state index contributed by atoms with van der Waals surface area (Å²) >= 11 is 1.04. The summed E-state index contributed by atoms with van der Waals surface area (Å²) in [6, 6.07) is 4.13. The van der Waals surface area contributed by atoms with Gasteiger partial charge in [-0.3, -0.25) is 9.59 Å². The highest BCUT2D eigenvalue weighted by Crippen LogP contribution is 2.29. The van der Waals surface area contributed by atoms with E-state index in [1.807, 2.05) is 0 Å². The van der Waals surface area contributed by atoms with Crippen LogP contribution in [0.2, 0.25) is 0 Å². The molecule has 3 rings (SSSR count). The fourth-order valence-electron chi connectivity index (χ4n) is 3.04. The summed E-state index contributed by atoms with van der Waals surface area (Å²) in [5.41, 5.74) is 0.505. The molecular weight excluding hydrogens is 393 g/mol. The first-order valence-electron chi connectivity index (χ1n) is 8.27. The molecule has 1 aliphatic heterocycles. The fourth-order valence-corrected chi connectivity index (χ4v) is 5.62. The van der Waals surface area contributed by atoms with Gasteiger partial charge in [0, 0.05) is 13.5 Å². The van der Waals surface area contributed by atoms with Gasteiger partial charge < -0.3 is 5.32 Å². The summed E-state index contributed by atoms with van der Waals surface area (Å²) in [6.45, 7) is 3.20. The Bertz CT molecular complexity index is 1000. The minimum absolute atomic E-state index is 0.129. The quantitative estimate of drug-likeness (QED) is 0.763.